The molecule has 1 amide bonds. The highest BCUT2D eigenvalue weighted by Crippen LogP contribution is 2.19. The van der Waals surface area contributed by atoms with Crippen LogP contribution in [0.5, 0.6) is 0 Å². The first-order valence-corrected chi connectivity index (χ1v) is 19.7. The SMILES string of the molecule is CCCCCCCCCCCCCCC(=O)OC(CCCCCCCCCCCCC)CCCCCCCC(=O)NCC(=O)O. The minimum atomic E-state index is -1.01. The molecule has 45 heavy (non-hydrogen) atoms. The monoisotopic (exact) mass is 638 g/mol. The zero-order valence-electron chi connectivity index (χ0n) is 30.0. The molecule has 0 rings (SSSR count). The third-order valence-electron chi connectivity index (χ3n) is 9.03. The van der Waals surface area contributed by atoms with Gasteiger partial charge in [-0.3, -0.25) is 14.4 Å². The predicted molar refractivity (Wildman–Crippen MR) is 190 cm³/mol. The first-order valence-electron chi connectivity index (χ1n) is 19.7. The lowest BCUT2D eigenvalue weighted by molar-refractivity contribution is -0.150. The van der Waals surface area contributed by atoms with Crippen LogP contribution in [0.3, 0.4) is 0 Å². The molecule has 0 aromatic carbocycles. The third-order valence-corrected chi connectivity index (χ3v) is 9.03. The molecule has 0 aliphatic heterocycles. The van der Waals surface area contributed by atoms with Crippen LogP contribution in [0.1, 0.15) is 219 Å². The molecular formula is C39H75NO5. The molecule has 6 nitrogen and oxygen atoms in total. The molecule has 0 heterocycles. The summed E-state index contributed by atoms with van der Waals surface area (Å²) < 4.78 is 6.01. The van der Waals surface area contributed by atoms with Crippen molar-refractivity contribution in [1.29, 1.82) is 0 Å². The van der Waals surface area contributed by atoms with Crippen molar-refractivity contribution in [2.75, 3.05) is 6.54 Å². The molecule has 0 saturated heterocycles. The van der Waals surface area contributed by atoms with Crippen molar-refractivity contribution in [2.24, 2.45) is 0 Å². The number of aliphatic carboxylic acids is 1. The number of nitrogens with one attached hydrogen (secondary N) is 1. The van der Waals surface area contributed by atoms with Gasteiger partial charge in [-0.05, 0) is 38.5 Å². The molecule has 0 radical (unpaired) electrons. The van der Waals surface area contributed by atoms with Gasteiger partial charge in [0.15, 0.2) is 0 Å². The minimum Gasteiger partial charge on any atom is -0.480 e. The van der Waals surface area contributed by atoms with Gasteiger partial charge in [-0.25, -0.2) is 0 Å². The van der Waals surface area contributed by atoms with Gasteiger partial charge in [0.2, 0.25) is 5.91 Å². The van der Waals surface area contributed by atoms with Crippen LogP contribution in [-0.4, -0.2) is 35.6 Å². The summed E-state index contributed by atoms with van der Waals surface area (Å²) in [6, 6.07) is 0. The molecule has 1 unspecified atom stereocenters. The fourth-order valence-corrected chi connectivity index (χ4v) is 6.10. The van der Waals surface area contributed by atoms with Crippen molar-refractivity contribution in [2.45, 2.75) is 225 Å². The van der Waals surface area contributed by atoms with Crippen molar-refractivity contribution in [3.05, 3.63) is 0 Å². The van der Waals surface area contributed by atoms with Crippen molar-refractivity contribution < 1.29 is 24.2 Å². The average molecular weight is 638 g/mol. The average Bonchev–Trinajstić information content (AvgIpc) is 3.02. The van der Waals surface area contributed by atoms with Gasteiger partial charge >= 0.3 is 11.9 Å². The molecule has 0 aliphatic carbocycles. The van der Waals surface area contributed by atoms with E-state index in [0.29, 0.717) is 12.8 Å². The van der Waals surface area contributed by atoms with Crippen LogP contribution in [0.15, 0.2) is 0 Å². The Balaban J connectivity index is 4.13. The van der Waals surface area contributed by atoms with Crippen LogP contribution in [0, 0.1) is 0 Å². The number of esters is 1. The van der Waals surface area contributed by atoms with Crippen LogP contribution in [0.25, 0.3) is 0 Å². The number of ether oxygens (including phenoxy) is 1. The molecule has 0 aromatic heterocycles. The number of rotatable bonds is 36. The number of carbonyl (C=O) groups excluding carboxylic acids is 2. The highest BCUT2D eigenvalue weighted by Gasteiger charge is 2.14. The summed E-state index contributed by atoms with van der Waals surface area (Å²) in [6.45, 7) is 4.23. The molecule has 6 heteroatoms. The van der Waals surface area contributed by atoms with Crippen LogP contribution < -0.4 is 5.32 Å². The van der Waals surface area contributed by atoms with Crippen molar-refractivity contribution in [3.63, 3.8) is 0 Å². The number of hydrogen-bond donors (Lipinski definition) is 2. The van der Waals surface area contributed by atoms with E-state index < -0.39 is 5.97 Å². The van der Waals surface area contributed by atoms with Crippen LogP contribution in [0.4, 0.5) is 0 Å². The summed E-state index contributed by atoms with van der Waals surface area (Å²) in [6.07, 6.45) is 37.9. The highest BCUT2D eigenvalue weighted by atomic mass is 16.5. The predicted octanol–water partition coefficient (Wildman–Crippen LogP) is 11.6. The number of amides is 1. The summed E-state index contributed by atoms with van der Waals surface area (Å²) in [5.74, 6) is -1.21. The Kier molecular flexibility index (Phi) is 34.0. The Hall–Kier alpha value is -1.59. The Bertz CT molecular complexity index is 668. The number of carboxylic acids is 1. The Morgan fingerprint density at radius 1 is 0.489 bits per heavy atom. The maximum Gasteiger partial charge on any atom is 0.322 e. The summed E-state index contributed by atoms with van der Waals surface area (Å²) in [5.41, 5.74) is 0. The highest BCUT2D eigenvalue weighted by molar-refractivity contribution is 5.80. The van der Waals surface area contributed by atoms with E-state index in [4.69, 9.17) is 9.84 Å². The fourth-order valence-electron chi connectivity index (χ4n) is 6.10. The number of carboxylic acid groups (broad SMARTS) is 1. The molecule has 2 N–H and O–H groups in total. The second kappa shape index (κ2) is 35.3. The maximum absolute atomic E-state index is 12.7. The topological polar surface area (TPSA) is 92.7 Å². The molecular weight excluding hydrogens is 562 g/mol. The van der Waals surface area contributed by atoms with Crippen molar-refractivity contribution >= 4 is 17.8 Å². The number of unbranched alkanes of at least 4 members (excludes halogenated alkanes) is 25. The summed E-state index contributed by atoms with van der Waals surface area (Å²) >= 11 is 0. The van der Waals surface area contributed by atoms with Gasteiger partial charge in [0.1, 0.15) is 12.6 Å². The van der Waals surface area contributed by atoms with Gasteiger partial charge in [0, 0.05) is 12.8 Å². The smallest absolute Gasteiger partial charge is 0.322 e. The van der Waals surface area contributed by atoms with Crippen molar-refractivity contribution in [3.8, 4) is 0 Å². The normalized spacial score (nSPS) is 11.9. The summed E-state index contributed by atoms with van der Waals surface area (Å²) in [7, 11) is 0. The standard InChI is InChI=1S/C39H75NO5/c1-3-5-7-9-11-13-15-17-19-21-26-30-34-39(44)45-36(31-27-23-20-18-16-14-12-10-8-6-4-2)32-28-24-22-25-29-33-37(41)40-35-38(42)43/h36H,3-35H2,1-2H3,(H,40,41)(H,42,43). The molecule has 0 fully saturated rings. The fraction of sp³-hybridized carbons (Fsp3) is 0.923. The van der Waals surface area contributed by atoms with Crippen molar-refractivity contribution in [1.82, 2.24) is 5.32 Å². The van der Waals surface area contributed by atoms with E-state index >= 15 is 0 Å². The molecule has 0 aliphatic rings. The van der Waals surface area contributed by atoms with E-state index in [1.54, 1.807) is 0 Å². The van der Waals surface area contributed by atoms with E-state index in [9.17, 15) is 14.4 Å². The lowest BCUT2D eigenvalue weighted by atomic mass is 10.0. The van der Waals surface area contributed by atoms with E-state index in [1.807, 2.05) is 0 Å². The zero-order valence-corrected chi connectivity index (χ0v) is 30.0. The lowest BCUT2D eigenvalue weighted by Crippen LogP contribution is -2.28. The van der Waals surface area contributed by atoms with Gasteiger partial charge in [-0.1, -0.05) is 168 Å². The van der Waals surface area contributed by atoms with Gasteiger partial charge in [-0.2, -0.15) is 0 Å². The van der Waals surface area contributed by atoms with E-state index in [0.717, 1.165) is 64.2 Å². The number of carbonyl (C=O) groups is 3. The van der Waals surface area contributed by atoms with Crippen LogP contribution in [0.2, 0.25) is 0 Å². The second-order valence-electron chi connectivity index (χ2n) is 13.6. The van der Waals surface area contributed by atoms with Gasteiger partial charge in [0.25, 0.3) is 0 Å². The number of hydrogen-bond acceptors (Lipinski definition) is 4. The third kappa shape index (κ3) is 35.1. The molecule has 266 valence electrons. The Morgan fingerprint density at radius 3 is 1.20 bits per heavy atom. The first-order chi connectivity index (χ1) is 22.0. The molecule has 1 atom stereocenters. The molecule has 0 aromatic rings. The maximum atomic E-state index is 12.7. The molecule has 0 spiro atoms. The molecule has 0 bridgehead atoms. The Morgan fingerprint density at radius 2 is 0.822 bits per heavy atom. The van der Waals surface area contributed by atoms with E-state index in [2.05, 4.69) is 19.2 Å². The molecule has 0 saturated carbocycles. The summed E-state index contributed by atoms with van der Waals surface area (Å²) in [4.78, 5) is 34.9. The second-order valence-corrected chi connectivity index (χ2v) is 13.6. The van der Waals surface area contributed by atoms with Gasteiger partial charge in [-0.15, -0.1) is 0 Å². The Labute approximate surface area is 279 Å². The first kappa shape index (κ1) is 43.4. The lowest BCUT2D eigenvalue weighted by Gasteiger charge is -2.18. The van der Waals surface area contributed by atoms with E-state index in [1.165, 1.54) is 128 Å². The van der Waals surface area contributed by atoms with Gasteiger partial charge in [0.05, 0.1) is 0 Å². The largest absolute Gasteiger partial charge is 0.480 e. The quantitative estimate of drug-likeness (QED) is 0.0526. The van der Waals surface area contributed by atoms with Crippen LogP contribution >= 0.6 is 0 Å². The van der Waals surface area contributed by atoms with Crippen LogP contribution in [-0.2, 0) is 19.1 Å². The zero-order chi connectivity index (χ0) is 33.1. The van der Waals surface area contributed by atoms with Gasteiger partial charge < -0.3 is 15.2 Å². The minimum absolute atomic E-state index is 0.0116. The van der Waals surface area contributed by atoms with E-state index in [-0.39, 0.29) is 24.5 Å². The summed E-state index contributed by atoms with van der Waals surface area (Å²) in [5, 5.41) is 11.1.